The summed E-state index contributed by atoms with van der Waals surface area (Å²) in [6.45, 7) is 1.18. The van der Waals surface area contributed by atoms with Crippen molar-refractivity contribution in [3.05, 3.63) is 33.8 Å². The van der Waals surface area contributed by atoms with Crippen LogP contribution in [-0.4, -0.2) is 30.9 Å². The van der Waals surface area contributed by atoms with Gasteiger partial charge in [-0.15, -0.1) is 0 Å². The van der Waals surface area contributed by atoms with Gasteiger partial charge in [0.15, 0.2) is 0 Å². The molecule has 1 aromatic rings. The molecule has 0 atom stereocenters. The van der Waals surface area contributed by atoms with Crippen molar-refractivity contribution in [3.63, 3.8) is 0 Å². The molecule has 1 rings (SSSR count). The van der Waals surface area contributed by atoms with Gasteiger partial charge < -0.3 is 10.6 Å². The third kappa shape index (κ3) is 3.37. The molecule has 0 radical (unpaired) electrons. The molecule has 3 nitrogen and oxygen atoms in total. The molecule has 5 heteroatoms. The van der Waals surface area contributed by atoms with Gasteiger partial charge in [-0.05, 0) is 31.2 Å². The molecule has 1 aromatic carbocycles. The van der Waals surface area contributed by atoms with Crippen LogP contribution in [0.4, 0.5) is 0 Å². The van der Waals surface area contributed by atoms with E-state index >= 15 is 0 Å². The van der Waals surface area contributed by atoms with Crippen LogP contribution in [0.3, 0.4) is 0 Å². The summed E-state index contributed by atoms with van der Waals surface area (Å²) in [6.07, 6.45) is 0.771. The monoisotopic (exact) mass is 260 g/mol. The fourth-order valence-electron chi connectivity index (χ4n) is 1.30. The van der Waals surface area contributed by atoms with E-state index in [1.165, 1.54) is 0 Å². The molecule has 0 aliphatic rings. The first-order valence-electron chi connectivity index (χ1n) is 4.97. The van der Waals surface area contributed by atoms with E-state index in [4.69, 9.17) is 28.9 Å². The number of hydrogen-bond donors (Lipinski definition) is 1. The smallest absolute Gasteiger partial charge is 0.255 e. The van der Waals surface area contributed by atoms with E-state index in [1.807, 2.05) is 0 Å². The highest BCUT2D eigenvalue weighted by atomic mass is 35.5. The Hall–Kier alpha value is -0.770. The standard InChI is InChI=1S/C11H14Cl2N2O/c1-15(6-2-5-14)11(16)9-4-3-8(12)7-10(9)13/h3-4,7H,2,5-6,14H2,1H3. The summed E-state index contributed by atoms with van der Waals surface area (Å²) in [7, 11) is 1.73. The van der Waals surface area contributed by atoms with Crippen LogP contribution in [0.2, 0.25) is 10.0 Å². The lowest BCUT2D eigenvalue weighted by Gasteiger charge is -2.17. The van der Waals surface area contributed by atoms with E-state index < -0.39 is 0 Å². The van der Waals surface area contributed by atoms with Gasteiger partial charge in [-0.2, -0.15) is 0 Å². The van der Waals surface area contributed by atoms with Gasteiger partial charge in [-0.25, -0.2) is 0 Å². The van der Waals surface area contributed by atoms with Crippen LogP contribution in [-0.2, 0) is 0 Å². The molecule has 0 heterocycles. The van der Waals surface area contributed by atoms with Crippen LogP contribution in [0.5, 0.6) is 0 Å². The minimum Gasteiger partial charge on any atom is -0.342 e. The van der Waals surface area contributed by atoms with Gasteiger partial charge in [0.25, 0.3) is 5.91 Å². The Labute approximate surface area is 105 Å². The summed E-state index contributed by atoms with van der Waals surface area (Å²) >= 11 is 11.7. The maximum absolute atomic E-state index is 11.9. The first-order chi connectivity index (χ1) is 7.56. The average molecular weight is 261 g/mol. The summed E-state index contributed by atoms with van der Waals surface area (Å²) in [5.41, 5.74) is 5.85. The lowest BCUT2D eigenvalue weighted by atomic mass is 10.2. The van der Waals surface area contributed by atoms with Crippen LogP contribution in [0.25, 0.3) is 0 Å². The van der Waals surface area contributed by atoms with Crippen molar-refractivity contribution in [3.8, 4) is 0 Å². The fourth-order valence-corrected chi connectivity index (χ4v) is 1.79. The second-order valence-electron chi connectivity index (χ2n) is 3.49. The molecule has 1 amide bonds. The minimum absolute atomic E-state index is 0.116. The highest BCUT2D eigenvalue weighted by Gasteiger charge is 2.14. The quantitative estimate of drug-likeness (QED) is 0.904. The number of halogens is 2. The Morgan fingerprint density at radius 1 is 1.44 bits per heavy atom. The molecule has 16 heavy (non-hydrogen) atoms. The van der Waals surface area contributed by atoms with Gasteiger partial charge >= 0.3 is 0 Å². The van der Waals surface area contributed by atoms with Crippen molar-refractivity contribution in [2.24, 2.45) is 5.73 Å². The van der Waals surface area contributed by atoms with Crippen LogP contribution in [0.1, 0.15) is 16.8 Å². The van der Waals surface area contributed by atoms with Gasteiger partial charge in [-0.3, -0.25) is 4.79 Å². The number of nitrogens with zero attached hydrogens (tertiary/aromatic N) is 1. The number of hydrogen-bond acceptors (Lipinski definition) is 2. The molecule has 0 spiro atoms. The number of carbonyl (C=O) groups excluding carboxylic acids is 1. The van der Waals surface area contributed by atoms with E-state index in [2.05, 4.69) is 0 Å². The SMILES string of the molecule is CN(CCCN)C(=O)c1ccc(Cl)cc1Cl. The molecule has 0 aromatic heterocycles. The molecule has 0 aliphatic carbocycles. The molecule has 2 N–H and O–H groups in total. The maximum Gasteiger partial charge on any atom is 0.255 e. The molecule has 0 unspecified atom stereocenters. The van der Waals surface area contributed by atoms with Crippen molar-refractivity contribution >= 4 is 29.1 Å². The first kappa shape index (κ1) is 13.3. The molecule has 0 bridgehead atoms. The first-order valence-corrected chi connectivity index (χ1v) is 5.72. The number of rotatable bonds is 4. The number of benzene rings is 1. The lowest BCUT2D eigenvalue weighted by Crippen LogP contribution is -2.29. The molecule has 0 saturated carbocycles. The van der Waals surface area contributed by atoms with Gasteiger partial charge in [0, 0.05) is 18.6 Å². The average Bonchev–Trinajstić information content (AvgIpc) is 2.25. The van der Waals surface area contributed by atoms with Crippen molar-refractivity contribution in [1.82, 2.24) is 4.90 Å². The van der Waals surface area contributed by atoms with Gasteiger partial charge in [0.2, 0.25) is 0 Å². The molecule has 0 aliphatic heterocycles. The third-order valence-electron chi connectivity index (χ3n) is 2.21. The zero-order valence-corrected chi connectivity index (χ0v) is 10.6. The van der Waals surface area contributed by atoms with Crippen molar-refractivity contribution in [2.45, 2.75) is 6.42 Å². The number of carbonyl (C=O) groups is 1. The van der Waals surface area contributed by atoms with Crippen LogP contribution >= 0.6 is 23.2 Å². The lowest BCUT2D eigenvalue weighted by molar-refractivity contribution is 0.0794. The Morgan fingerprint density at radius 3 is 2.69 bits per heavy atom. The second kappa shape index (κ2) is 6.09. The van der Waals surface area contributed by atoms with E-state index in [9.17, 15) is 4.79 Å². The highest BCUT2D eigenvalue weighted by molar-refractivity contribution is 6.36. The minimum atomic E-state index is -0.116. The zero-order valence-electron chi connectivity index (χ0n) is 9.04. The summed E-state index contributed by atoms with van der Waals surface area (Å²) < 4.78 is 0. The van der Waals surface area contributed by atoms with Gasteiger partial charge in [0.05, 0.1) is 10.6 Å². The van der Waals surface area contributed by atoms with E-state index in [0.29, 0.717) is 28.7 Å². The molecule has 88 valence electrons. The molecule has 0 fully saturated rings. The van der Waals surface area contributed by atoms with Crippen molar-refractivity contribution in [1.29, 1.82) is 0 Å². The summed E-state index contributed by atoms with van der Waals surface area (Å²) in [5, 5.41) is 0.892. The van der Waals surface area contributed by atoms with Crippen LogP contribution in [0.15, 0.2) is 18.2 Å². The second-order valence-corrected chi connectivity index (χ2v) is 4.34. The molecular formula is C11H14Cl2N2O. The Kier molecular flexibility index (Phi) is 5.06. The predicted octanol–water partition coefficient (Wildman–Crippen LogP) is 2.41. The van der Waals surface area contributed by atoms with E-state index in [1.54, 1.807) is 30.1 Å². The number of nitrogens with two attached hydrogens (primary N) is 1. The third-order valence-corrected chi connectivity index (χ3v) is 2.75. The van der Waals surface area contributed by atoms with Crippen molar-refractivity contribution in [2.75, 3.05) is 20.1 Å². The summed E-state index contributed by atoms with van der Waals surface area (Å²) in [6, 6.07) is 4.84. The largest absolute Gasteiger partial charge is 0.342 e. The van der Waals surface area contributed by atoms with Crippen LogP contribution < -0.4 is 5.73 Å². The zero-order chi connectivity index (χ0) is 12.1. The van der Waals surface area contributed by atoms with Crippen molar-refractivity contribution < 1.29 is 4.79 Å². The fraction of sp³-hybridized carbons (Fsp3) is 0.364. The predicted molar refractivity (Wildman–Crippen MR) is 67.1 cm³/mol. The van der Waals surface area contributed by atoms with E-state index in [-0.39, 0.29) is 5.91 Å². The molecule has 0 saturated heterocycles. The highest BCUT2D eigenvalue weighted by Crippen LogP contribution is 2.21. The molecular weight excluding hydrogens is 247 g/mol. The Balaban J connectivity index is 2.79. The summed E-state index contributed by atoms with van der Waals surface area (Å²) in [4.78, 5) is 13.5. The Bertz CT molecular complexity index is 382. The topological polar surface area (TPSA) is 46.3 Å². The summed E-state index contributed by atoms with van der Waals surface area (Å²) in [5.74, 6) is -0.116. The van der Waals surface area contributed by atoms with Gasteiger partial charge in [-0.1, -0.05) is 23.2 Å². The number of amides is 1. The maximum atomic E-state index is 11.9. The van der Waals surface area contributed by atoms with Crippen LogP contribution in [0, 0.1) is 0 Å². The van der Waals surface area contributed by atoms with Gasteiger partial charge in [0.1, 0.15) is 0 Å². The normalized spacial score (nSPS) is 10.2. The Morgan fingerprint density at radius 2 is 2.12 bits per heavy atom. The van der Waals surface area contributed by atoms with E-state index in [0.717, 1.165) is 6.42 Å².